The van der Waals surface area contributed by atoms with Gasteiger partial charge in [0.15, 0.2) is 0 Å². The van der Waals surface area contributed by atoms with Crippen molar-refractivity contribution in [3.8, 4) is 5.75 Å². The van der Waals surface area contributed by atoms with Crippen molar-refractivity contribution in [2.24, 2.45) is 0 Å². The van der Waals surface area contributed by atoms with E-state index >= 15 is 0 Å². The van der Waals surface area contributed by atoms with Crippen molar-refractivity contribution in [3.63, 3.8) is 0 Å². The molecule has 2 fully saturated rings. The van der Waals surface area contributed by atoms with Crippen LogP contribution in [0.25, 0.3) is 0 Å². The van der Waals surface area contributed by atoms with Crippen LogP contribution < -0.4 is 0 Å². The molecule has 1 atom stereocenters. The molecule has 3 heteroatoms. The maximum absolute atomic E-state index is 9.88. The van der Waals surface area contributed by atoms with Gasteiger partial charge in [0.25, 0.3) is 0 Å². The third kappa shape index (κ3) is 3.41. The molecule has 21 heavy (non-hydrogen) atoms. The predicted octanol–water partition coefficient (Wildman–Crippen LogP) is 3.07. The Morgan fingerprint density at radius 1 is 1.05 bits per heavy atom. The summed E-state index contributed by atoms with van der Waals surface area (Å²) in [4.78, 5) is 5.28. The van der Waals surface area contributed by atoms with Crippen LogP contribution in [0.4, 0.5) is 0 Å². The first-order chi connectivity index (χ1) is 10.1. The third-order valence-electron chi connectivity index (χ3n) is 5.11. The first-order valence-electron chi connectivity index (χ1n) is 8.39. The molecule has 0 aromatic heterocycles. The highest BCUT2D eigenvalue weighted by Crippen LogP contribution is 2.26. The van der Waals surface area contributed by atoms with Gasteiger partial charge in [-0.05, 0) is 62.9 Å². The quantitative estimate of drug-likeness (QED) is 0.926. The van der Waals surface area contributed by atoms with Crippen molar-refractivity contribution in [1.29, 1.82) is 0 Å². The zero-order valence-corrected chi connectivity index (χ0v) is 13.4. The summed E-state index contributed by atoms with van der Waals surface area (Å²) in [6, 6.07) is 5.04. The SMILES string of the molecule is Cc1cc(CN2CCC(N3CCCCC3)C2)cc(C)c1O. The van der Waals surface area contributed by atoms with E-state index in [1.807, 2.05) is 13.8 Å². The second kappa shape index (κ2) is 6.37. The zero-order chi connectivity index (χ0) is 14.8. The van der Waals surface area contributed by atoms with Crippen LogP contribution in [0.2, 0.25) is 0 Å². The molecule has 2 aliphatic heterocycles. The number of likely N-dealkylation sites (tertiary alicyclic amines) is 2. The van der Waals surface area contributed by atoms with Crippen LogP contribution in [0.5, 0.6) is 5.75 Å². The van der Waals surface area contributed by atoms with Crippen LogP contribution in [-0.4, -0.2) is 47.1 Å². The minimum Gasteiger partial charge on any atom is -0.507 e. The van der Waals surface area contributed by atoms with E-state index in [1.165, 1.54) is 57.4 Å². The van der Waals surface area contributed by atoms with Gasteiger partial charge < -0.3 is 5.11 Å². The summed E-state index contributed by atoms with van der Waals surface area (Å²) >= 11 is 0. The fourth-order valence-corrected chi connectivity index (χ4v) is 3.93. The second-order valence-electron chi connectivity index (χ2n) is 6.85. The Bertz CT molecular complexity index is 471. The van der Waals surface area contributed by atoms with Crippen LogP contribution in [0, 0.1) is 13.8 Å². The minimum absolute atomic E-state index is 0.450. The average molecular weight is 288 g/mol. The van der Waals surface area contributed by atoms with Crippen molar-refractivity contribution in [1.82, 2.24) is 9.80 Å². The molecular weight excluding hydrogens is 260 g/mol. The monoisotopic (exact) mass is 288 g/mol. The summed E-state index contributed by atoms with van der Waals surface area (Å²) in [6.07, 6.45) is 5.49. The van der Waals surface area contributed by atoms with Gasteiger partial charge in [0, 0.05) is 25.7 Å². The molecule has 1 N–H and O–H groups in total. The van der Waals surface area contributed by atoms with Crippen molar-refractivity contribution < 1.29 is 5.11 Å². The molecule has 0 saturated carbocycles. The largest absolute Gasteiger partial charge is 0.507 e. The van der Waals surface area contributed by atoms with Crippen LogP contribution >= 0.6 is 0 Å². The molecule has 1 unspecified atom stereocenters. The Kier molecular flexibility index (Phi) is 4.51. The molecule has 1 aromatic rings. The van der Waals surface area contributed by atoms with E-state index in [0.717, 1.165) is 23.7 Å². The highest BCUT2D eigenvalue weighted by atomic mass is 16.3. The normalized spacial score (nSPS) is 24.6. The van der Waals surface area contributed by atoms with E-state index in [2.05, 4.69) is 21.9 Å². The summed E-state index contributed by atoms with van der Waals surface area (Å²) in [5.41, 5.74) is 3.33. The number of benzene rings is 1. The van der Waals surface area contributed by atoms with E-state index in [9.17, 15) is 5.11 Å². The number of aromatic hydroxyl groups is 1. The number of aryl methyl sites for hydroxylation is 2. The third-order valence-corrected chi connectivity index (χ3v) is 5.11. The average Bonchev–Trinajstić information content (AvgIpc) is 2.94. The van der Waals surface area contributed by atoms with Crippen molar-refractivity contribution in [3.05, 3.63) is 28.8 Å². The molecular formula is C18H28N2O. The maximum Gasteiger partial charge on any atom is 0.121 e. The van der Waals surface area contributed by atoms with Crippen molar-refractivity contribution in [2.45, 2.75) is 52.1 Å². The predicted molar refractivity (Wildman–Crippen MR) is 86.7 cm³/mol. The molecule has 116 valence electrons. The Morgan fingerprint density at radius 2 is 1.71 bits per heavy atom. The first-order valence-corrected chi connectivity index (χ1v) is 8.39. The van der Waals surface area contributed by atoms with E-state index in [0.29, 0.717) is 5.75 Å². The standard InChI is InChI=1S/C18H28N2O/c1-14-10-16(11-15(2)18(14)21)12-19-9-6-17(13-19)20-7-4-3-5-8-20/h10-11,17,21H,3-9,12-13H2,1-2H3. The van der Waals surface area contributed by atoms with E-state index in [1.54, 1.807) is 0 Å². The Morgan fingerprint density at radius 3 is 2.38 bits per heavy atom. The fourth-order valence-electron chi connectivity index (χ4n) is 3.93. The van der Waals surface area contributed by atoms with Gasteiger partial charge in [0.05, 0.1) is 0 Å². The molecule has 0 radical (unpaired) electrons. The number of hydrogen-bond donors (Lipinski definition) is 1. The highest BCUT2D eigenvalue weighted by molar-refractivity contribution is 5.42. The van der Waals surface area contributed by atoms with Crippen LogP contribution in [0.15, 0.2) is 12.1 Å². The number of hydrogen-bond acceptors (Lipinski definition) is 3. The highest BCUT2D eigenvalue weighted by Gasteiger charge is 2.28. The molecule has 2 aliphatic rings. The number of phenolic OH excluding ortho intramolecular Hbond substituents is 1. The van der Waals surface area contributed by atoms with E-state index < -0.39 is 0 Å². The number of nitrogens with zero attached hydrogens (tertiary/aromatic N) is 2. The molecule has 3 rings (SSSR count). The smallest absolute Gasteiger partial charge is 0.121 e. The zero-order valence-electron chi connectivity index (χ0n) is 13.4. The molecule has 0 spiro atoms. The number of rotatable bonds is 3. The van der Waals surface area contributed by atoms with Crippen molar-refractivity contribution >= 4 is 0 Å². The van der Waals surface area contributed by atoms with Crippen LogP contribution in [0.1, 0.15) is 42.4 Å². The van der Waals surface area contributed by atoms with Crippen LogP contribution in [-0.2, 0) is 6.54 Å². The lowest BCUT2D eigenvalue weighted by molar-refractivity contribution is 0.161. The fraction of sp³-hybridized carbons (Fsp3) is 0.667. The lowest BCUT2D eigenvalue weighted by atomic mass is 10.1. The summed E-state index contributed by atoms with van der Waals surface area (Å²) in [5.74, 6) is 0.450. The Hall–Kier alpha value is -1.06. The van der Waals surface area contributed by atoms with Gasteiger partial charge in [0.1, 0.15) is 5.75 Å². The minimum atomic E-state index is 0.450. The molecule has 2 heterocycles. The summed E-state index contributed by atoms with van der Waals surface area (Å²) < 4.78 is 0. The lowest BCUT2D eigenvalue weighted by Crippen LogP contribution is -2.40. The van der Waals surface area contributed by atoms with E-state index in [-0.39, 0.29) is 0 Å². The molecule has 0 aliphatic carbocycles. The summed E-state index contributed by atoms with van der Waals surface area (Å²) in [6.45, 7) is 10.0. The molecule has 1 aromatic carbocycles. The summed E-state index contributed by atoms with van der Waals surface area (Å²) in [5, 5.41) is 9.88. The number of phenols is 1. The Labute approximate surface area is 128 Å². The molecule has 3 nitrogen and oxygen atoms in total. The van der Waals surface area contributed by atoms with Gasteiger partial charge >= 0.3 is 0 Å². The first kappa shape index (κ1) is 14.9. The van der Waals surface area contributed by atoms with Gasteiger partial charge in [-0.25, -0.2) is 0 Å². The molecule has 0 bridgehead atoms. The van der Waals surface area contributed by atoms with Gasteiger partial charge in [-0.2, -0.15) is 0 Å². The van der Waals surface area contributed by atoms with Crippen molar-refractivity contribution in [2.75, 3.05) is 26.2 Å². The van der Waals surface area contributed by atoms with Gasteiger partial charge in [-0.15, -0.1) is 0 Å². The summed E-state index contributed by atoms with van der Waals surface area (Å²) in [7, 11) is 0. The van der Waals surface area contributed by atoms with Gasteiger partial charge in [-0.1, -0.05) is 18.6 Å². The van der Waals surface area contributed by atoms with E-state index in [4.69, 9.17) is 0 Å². The number of piperidine rings is 1. The molecule has 0 amide bonds. The Balaban J connectivity index is 1.59. The maximum atomic E-state index is 9.88. The second-order valence-corrected chi connectivity index (χ2v) is 6.85. The topological polar surface area (TPSA) is 26.7 Å². The molecule has 2 saturated heterocycles. The lowest BCUT2D eigenvalue weighted by Gasteiger charge is -2.32. The van der Waals surface area contributed by atoms with Crippen LogP contribution in [0.3, 0.4) is 0 Å². The van der Waals surface area contributed by atoms with Gasteiger partial charge in [-0.3, -0.25) is 9.80 Å². The van der Waals surface area contributed by atoms with Gasteiger partial charge in [0.2, 0.25) is 0 Å².